The van der Waals surface area contributed by atoms with Crippen LogP contribution in [0.5, 0.6) is 23.0 Å². The van der Waals surface area contributed by atoms with Crippen molar-refractivity contribution < 1.29 is 27.8 Å². The Balaban J connectivity index is 1.32. The van der Waals surface area contributed by atoms with Crippen molar-refractivity contribution in [3.63, 3.8) is 0 Å². The van der Waals surface area contributed by atoms with Crippen LogP contribution in [0.3, 0.4) is 0 Å². The van der Waals surface area contributed by atoms with Crippen molar-refractivity contribution >= 4 is 34.3 Å². The molecular formula is C38H36F2N6O5. The van der Waals surface area contributed by atoms with Crippen molar-refractivity contribution in [1.82, 2.24) is 20.2 Å². The molecule has 1 amide bonds. The van der Waals surface area contributed by atoms with Gasteiger partial charge in [0.05, 0.1) is 19.7 Å². The summed E-state index contributed by atoms with van der Waals surface area (Å²) in [6.45, 7) is 3.34. The number of pyridine rings is 2. The van der Waals surface area contributed by atoms with Gasteiger partial charge < -0.3 is 35.6 Å². The maximum atomic E-state index is 15.5. The van der Waals surface area contributed by atoms with Gasteiger partial charge >= 0.3 is 0 Å². The minimum Gasteiger partial charge on any atom is -0.493 e. The zero-order valence-corrected chi connectivity index (χ0v) is 28.2. The van der Waals surface area contributed by atoms with Gasteiger partial charge in [-0.05, 0) is 86.9 Å². The minimum absolute atomic E-state index is 0.0729. The molecule has 262 valence electrons. The summed E-state index contributed by atoms with van der Waals surface area (Å²) < 4.78 is 47.2. The molecule has 0 spiro atoms. The molecule has 1 aliphatic rings. The molecule has 6 rings (SSSR count). The zero-order valence-electron chi connectivity index (χ0n) is 28.2. The molecule has 0 unspecified atom stereocenters. The Morgan fingerprint density at radius 2 is 1.71 bits per heavy atom. The van der Waals surface area contributed by atoms with E-state index in [1.807, 2.05) is 0 Å². The number of amides is 1. The van der Waals surface area contributed by atoms with E-state index in [4.69, 9.17) is 19.6 Å². The lowest BCUT2D eigenvalue weighted by Crippen LogP contribution is -2.37. The number of fused-ring (bicyclic) bond motifs is 1. The third-order valence-corrected chi connectivity index (χ3v) is 8.70. The van der Waals surface area contributed by atoms with Gasteiger partial charge in [-0.25, -0.2) is 8.78 Å². The topological polar surface area (TPSA) is 140 Å². The van der Waals surface area contributed by atoms with Crippen LogP contribution in [0.25, 0.3) is 22.2 Å². The first kappa shape index (κ1) is 34.8. The van der Waals surface area contributed by atoms with E-state index in [2.05, 4.69) is 20.9 Å². The van der Waals surface area contributed by atoms with Gasteiger partial charge in [0.25, 0.3) is 11.5 Å². The summed E-state index contributed by atoms with van der Waals surface area (Å²) in [4.78, 5) is 32.1. The SMILES string of the molecule is COc1cc2nccc(Oc3ccc(NC(=O)c4c(C)c(/C(C=N)=C/NC5CCNCC5)cn(-c5ccc(F)cc5)c4=O)cc3F)c2cc1OC. The Bertz CT molecular complexity index is 2200. The number of nitrogens with zero attached hydrogens (tertiary/aromatic N) is 2. The molecule has 0 atom stereocenters. The number of carbonyl (C=O) groups excluding carboxylic acids is 1. The first-order valence-electron chi connectivity index (χ1n) is 16.2. The van der Waals surface area contributed by atoms with E-state index in [0.29, 0.717) is 50.5 Å². The number of piperidine rings is 1. The van der Waals surface area contributed by atoms with Gasteiger partial charge in [-0.3, -0.25) is 19.1 Å². The molecular weight excluding hydrogens is 658 g/mol. The molecule has 0 bridgehead atoms. The Kier molecular flexibility index (Phi) is 10.4. The molecule has 3 heterocycles. The van der Waals surface area contributed by atoms with Gasteiger partial charge in [0.15, 0.2) is 23.1 Å². The van der Waals surface area contributed by atoms with E-state index in [9.17, 15) is 14.0 Å². The predicted molar refractivity (Wildman–Crippen MR) is 192 cm³/mol. The second-order valence-electron chi connectivity index (χ2n) is 11.9. The van der Waals surface area contributed by atoms with Crippen LogP contribution >= 0.6 is 0 Å². The summed E-state index contributed by atoms with van der Waals surface area (Å²) in [6.07, 6.45) is 7.69. The predicted octanol–water partition coefficient (Wildman–Crippen LogP) is 6.37. The number of allylic oxidation sites excluding steroid dienone is 1. The number of halogens is 2. The lowest BCUT2D eigenvalue weighted by molar-refractivity contribution is 0.102. The maximum Gasteiger partial charge on any atom is 0.268 e. The Labute approximate surface area is 292 Å². The number of aromatic nitrogens is 2. The first-order valence-corrected chi connectivity index (χ1v) is 16.2. The fraction of sp³-hybridized carbons (Fsp3) is 0.211. The van der Waals surface area contributed by atoms with Crippen LogP contribution in [-0.4, -0.2) is 55.0 Å². The van der Waals surface area contributed by atoms with Crippen molar-refractivity contribution in [2.45, 2.75) is 25.8 Å². The van der Waals surface area contributed by atoms with Crippen molar-refractivity contribution in [2.24, 2.45) is 0 Å². The smallest absolute Gasteiger partial charge is 0.268 e. The molecule has 4 N–H and O–H groups in total. The molecule has 1 fully saturated rings. The third kappa shape index (κ3) is 7.43. The summed E-state index contributed by atoms with van der Waals surface area (Å²) in [5.74, 6) is -0.935. The van der Waals surface area contributed by atoms with Crippen LogP contribution in [0.2, 0.25) is 0 Å². The molecule has 11 nitrogen and oxygen atoms in total. The largest absolute Gasteiger partial charge is 0.493 e. The number of benzene rings is 3. The molecule has 51 heavy (non-hydrogen) atoms. The Morgan fingerprint density at radius 3 is 2.39 bits per heavy atom. The monoisotopic (exact) mass is 694 g/mol. The lowest BCUT2D eigenvalue weighted by Gasteiger charge is -2.23. The van der Waals surface area contributed by atoms with E-state index >= 15 is 4.39 Å². The van der Waals surface area contributed by atoms with E-state index in [1.165, 1.54) is 67.6 Å². The standard InChI is InChI=1S/C38H36F2N6O5/c1-22-29(23(19-41)20-44-25-10-13-42-14-11-25)21-46(27-7-4-24(39)5-8-27)38(48)36(22)37(47)45-26-6-9-33(30(40)16-26)51-32-12-15-43-31-18-35(50-3)34(49-2)17-28(31)32/h4-9,12,15-21,25,41-42,44H,10-11,13-14H2,1-3H3,(H,45,47)/b23-20+,41-19?. The molecule has 2 aromatic heterocycles. The maximum absolute atomic E-state index is 15.5. The van der Waals surface area contributed by atoms with Crippen LogP contribution in [-0.2, 0) is 0 Å². The number of ether oxygens (including phenoxy) is 3. The van der Waals surface area contributed by atoms with Gasteiger partial charge in [-0.2, -0.15) is 0 Å². The molecule has 0 aliphatic carbocycles. The van der Waals surface area contributed by atoms with Crippen LogP contribution in [0.15, 0.2) is 84.1 Å². The van der Waals surface area contributed by atoms with Gasteiger partial charge in [0, 0.05) is 70.9 Å². The highest BCUT2D eigenvalue weighted by molar-refractivity contribution is 6.11. The van der Waals surface area contributed by atoms with E-state index in [-0.39, 0.29) is 23.0 Å². The van der Waals surface area contributed by atoms with Crippen LogP contribution in [0, 0.1) is 24.0 Å². The summed E-state index contributed by atoms with van der Waals surface area (Å²) in [6, 6.07) is 14.3. The quantitative estimate of drug-likeness (QED) is 0.117. The third-order valence-electron chi connectivity index (χ3n) is 8.70. The summed E-state index contributed by atoms with van der Waals surface area (Å²) in [7, 11) is 3.01. The van der Waals surface area contributed by atoms with Crippen LogP contribution in [0.1, 0.15) is 34.3 Å². The number of nitrogens with one attached hydrogen (secondary N) is 4. The number of methoxy groups -OCH3 is 2. The number of hydrogen-bond donors (Lipinski definition) is 4. The van der Waals surface area contributed by atoms with Gasteiger partial charge in [-0.15, -0.1) is 0 Å². The van der Waals surface area contributed by atoms with E-state index < -0.39 is 23.1 Å². The lowest BCUT2D eigenvalue weighted by atomic mass is 9.98. The molecule has 0 radical (unpaired) electrons. The second kappa shape index (κ2) is 15.2. The molecule has 1 saturated heterocycles. The Morgan fingerprint density at radius 1 is 0.980 bits per heavy atom. The normalized spacial score (nSPS) is 13.5. The van der Waals surface area contributed by atoms with Crippen LogP contribution < -0.4 is 35.7 Å². The Hall–Kier alpha value is -6.08. The number of rotatable bonds is 11. The van der Waals surface area contributed by atoms with Crippen molar-refractivity contribution in [1.29, 1.82) is 5.41 Å². The van der Waals surface area contributed by atoms with Gasteiger partial charge in [0.2, 0.25) is 0 Å². The van der Waals surface area contributed by atoms with E-state index in [0.717, 1.165) is 38.2 Å². The number of carbonyl (C=O) groups is 1. The average Bonchev–Trinajstić information content (AvgIpc) is 3.14. The van der Waals surface area contributed by atoms with Crippen LogP contribution in [0.4, 0.5) is 14.5 Å². The minimum atomic E-state index is -0.792. The highest BCUT2D eigenvalue weighted by atomic mass is 19.1. The van der Waals surface area contributed by atoms with Crippen molar-refractivity contribution in [3.05, 3.63) is 118 Å². The van der Waals surface area contributed by atoms with Crippen molar-refractivity contribution in [3.8, 4) is 28.7 Å². The van der Waals surface area contributed by atoms with Gasteiger partial charge in [0.1, 0.15) is 17.1 Å². The first-order chi connectivity index (χ1) is 24.7. The highest BCUT2D eigenvalue weighted by Gasteiger charge is 2.23. The van der Waals surface area contributed by atoms with Gasteiger partial charge in [-0.1, -0.05) is 0 Å². The number of anilines is 1. The zero-order chi connectivity index (χ0) is 36.1. The summed E-state index contributed by atoms with van der Waals surface area (Å²) in [5.41, 5.74) is 1.23. The fourth-order valence-electron chi connectivity index (χ4n) is 5.96. The second-order valence-corrected chi connectivity index (χ2v) is 11.9. The summed E-state index contributed by atoms with van der Waals surface area (Å²) in [5, 5.41) is 18.0. The summed E-state index contributed by atoms with van der Waals surface area (Å²) >= 11 is 0. The molecule has 1 aliphatic heterocycles. The molecule has 3 aromatic carbocycles. The highest BCUT2D eigenvalue weighted by Crippen LogP contribution is 2.37. The molecule has 13 heteroatoms. The fourth-order valence-corrected chi connectivity index (χ4v) is 5.96. The molecule has 0 saturated carbocycles. The van der Waals surface area contributed by atoms with Crippen molar-refractivity contribution in [2.75, 3.05) is 32.6 Å². The van der Waals surface area contributed by atoms with E-state index in [1.54, 1.807) is 31.3 Å². The number of hydrogen-bond acceptors (Lipinski definition) is 9. The average molecular weight is 695 g/mol. The molecule has 5 aromatic rings.